The lowest BCUT2D eigenvalue weighted by molar-refractivity contribution is 0.0939. The number of benzene rings is 2. The number of fused-ring (bicyclic) bond motifs is 1. The number of hydrogen-bond donors (Lipinski definition) is 2. The van der Waals surface area contributed by atoms with Crippen molar-refractivity contribution in [1.82, 2.24) is 5.32 Å². The van der Waals surface area contributed by atoms with Crippen LogP contribution in [0.1, 0.15) is 34.5 Å². The molecule has 1 aliphatic heterocycles. The zero-order chi connectivity index (χ0) is 16.4. The Hall–Kier alpha value is -2.56. The molecule has 0 fully saturated rings. The van der Waals surface area contributed by atoms with E-state index in [1.165, 1.54) is 19.2 Å². The van der Waals surface area contributed by atoms with Crippen LogP contribution in [0.25, 0.3) is 0 Å². The molecule has 3 rings (SSSR count). The van der Waals surface area contributed by atoms with Gasteiger partial charge in [0.15, 0.2) is 0 Å². The maximum atomic E-state index is 13.5. The second-order valence-corrected chi connectivity index (χ2v) is 5.63. The third-order valence-corrected chi connectivity index (χ3v) is 4.08. The Bertz CT molecular complexity index is 746. The van der Waals surface area contributed by atoms with Crippen molar-refractivity contribution < 1.29 is 13.9 Å². The largest absolute Gasteiger partial charge is 0.496 e. The molecule has 4 nitrogen and oxygen atoms in total. The molecule has 0 saturated carbocycles. The summed E-state index contributed by atoms with van der Waals surface area (Å²) in [5.74, 6) is 0.0152. The monoisotopic (exact) mass is 314 g/mol. The number of nitrogens with one attached hydrogen (secondary N) is 2. The SMILES string of the molecule is COc1ccc(F)cc1C(C)NC(=O)c1ccc2c(c1)CCN2. The first-order valence-electron chi connectivity index (χ1n) is 7.59. The number of carbonyl (C=O) groups is 1. The molecule has 1 aliphatic rings. The van der Waals surface area contributed by atoms with Gasteiger partial charge in [0.2, 0.25) is 0 Å². The summed E-state index contributed by atoms with van der Waals surface area (Å²) in [7, 11) is 1.53. The molecule has 1 atom stereocenters. The third kappa shape index (κ3) is 3.13. The standard InChI is InChI=1S/C18H19FN2O2/c1-11(15-10-14(19)4-6-17(15)23-2)21-18(22)13-3-5-16-12(9-13)7-8-20-16/h3-6,9-11,20H,7-8H2,1-2H3,(H,21,22). The van der Waals surface area contributed by atoms with Gasteiger partial charge in [-0.25, -0.2) is 4.39 Å². The van der Waals surface area contributed by atoms with Crippen molar-refractivity contribution in [3.63, 3.8) is 0 Å². The molecule has 0 spiro atoms. The van der Waals surface area contributed by atoms with Gasteiger partial charge in [-0.15, -0.1) is 0 Å². The number of halogens is 1. The number of amides is 1. The quantitative estimate of drug-likeness (QED) is 0.910. The molecule has 0 aromatic heterocycles. The molecule has 2 aromatic rings. The maximum absolute atomic E-state index is 13.5. The molecule has 0 saturated heterocycles. The van der Waals surface area contributed by atoms with Gasteiger partial charge >= 0.3 is 0 Å². The summed E-state index contributed by atoms with van der Waals surface area (Å²) in [6.07, 6.45) is 0.920. The molecule has 0 aliphatic carbocycles. The van der Waals surface area contributed by atoms with E-state index in [0.29, 0.717) is 16.9 Å². The van der Waals surface area contributed by atoms with Crippen LogP contribution in [0.3, 0.4) is 0 Å². The van der Waals surface area contributed by atoms with Crippen molar-refractivity contribution in [2.45, 2.75) is 19.4 Å². The number of carbonyl (C=O) groups excluding carboxylic acids is 1. The van der Waals surface area contributed by atoms with Crippen LogP contribution in [0.15, 0.2) is 36.4 Å². The fourth-order valence-electron chi connectivity index (χ4n) is 2.85. The summed E-state index contributed by atoms with van der Waals surface area (Å²) < 4.78 is 18.7. The summed E-state index contributed by atoms with van der Waals surface area (Å²) in [6.45, 7) is 2.71. The number of rotatable bonds is 4. The van der Waals surface area contributed by atoms with Crippen LogP contribution in [-0.4, -0.2) is 19.6 Å². The number of anilines is 1. The minimum Gasteiger partial charge on any atom is -0.496 e. The predicted molar refractivity (Wildman–Crippen MR) is 87.5 cm³/mol. The zero-order valence-corrected chi connectivity index (χ0v) is 13.2. The van der Waals surface area contributed by atoms with E-state index >= 15 is 0 Å². The van der Waals surface area contributed by atoms with Crippen molar-refractivity contribution >= 4 is 11.6 Å². The fourth-order valence-corrected chi connectivity index (χ4v) is 2.85. The highest BCUT2D eigenvalue weighted by molar-refractivity contribution is 5.95. The van der Waals surface area contributed by atoms with Crippen LogP contribution in [-0.2, 0) is 6.42 Å². The Kier molecular flexibility index (Phi) is 4.19. The molecule has 2 aromatic carbocycles. The Labute approximate surface area is 134 Å². The lowest BCUT2D eigenvalue weighted by Gasteiger charge is -2.17. The fraction of sp³-hybridized carbons (Fsp3) is 0.278. The molecule has 120 valence electrons. The van der Waals surface area contributed by atoms with Crippen LogP contribution in [0.2, 0.25) is 0 Å². The Morgan fingerprint density at radius 1 is 1.30 bits per heavy atom. The van der Waals surface area contributed by atoms with Gasteiger partial charge in [0.25, 0.3) is 5.91 Å². The van der Waals surface area contributed by atoms with E-state index in [9.17, 15) is 9.18 Å². The smallest absolute Gasteiger partial charge is 0.251 e. The molecule has 2 N–H and O–H groups in total. The summed E-state index contributed by atoms with van der Waals surface area (Å²) in [6, 6.07) is 9.54. The lowest BCUT2D eigenvalue weighted by Crippen LogP contribution is -2.27. The van der Waals surface area contributed by atoms with Crippen LogP contribution in [0, 0.1) is 5.82 Å². The van der Waals surface area contributed by atoms with Gasteiger partial charge in [-0.3, -0.25) is 4.79 Å². The Morgan fingerprint density at radius 3 is 2.91 bits per heavy atom. The molecule has 1 unspecified atom stereocenters. The summed E-state index contributed by atoms with van der Waals surface area (Å²) in [4.78, 5) is 12.4. The van der Waals surface area contributed by atoms with Crippen LogP contribution < -0.4 is 15.4 Å². The van der Waals surface area contributed by atoms with Gasteiger partial charge in [-0.05, 0) is 55.3 Å². The van der Waals surface area contributed by atoms with Crippen molar-refractivity contribution in [2.24, 2.45) is 0 Å². The first-order chi connectivity index (χ1) is 11.1. The van der Waals surface area contributed by atoms with Gasteiger partial charge in [0.05, 0.1) is 13.2 Å². The zero-order valence-electron chi connectivity index (χ0n) is 13.2. The first kappa shape index (κ1) is 15.3. The Morgan fingerprint density at radius 2 is 2.13 bits per heavy atom. The lowest BCUT2D eigenvalue weighted by atomic mass is 10.0. The summed E-state index contributed by atoms with van der Waals surface area (Å²) in [5, 5.41) is 6.16. The van der Waals surface area contributed by atoms with Crippen molar-refractivity contribution in [2.75, 3.05) is 19.0 Å². The molecule has 0 radical (unpaired) electrons. The molecule has 1 amide bonds. The highest BCUT2D eigenvalue weighted by Gasteiger charge is 2.18. The van der Waals surface area contributed by atoms with E-state index in [0.717, 1.165) is 24.2 Å². The van der Waals surface area contributed by atoms with Gasteiger partial charge in [0, 0.05) is 23.4 Å². The van der Waals surface area contributed by atoms with Crippen LogP contribution >= 0.6 is 0 Å². The van der Waals surface area contributed by atoms with Gasteiger partial charge in [-0.2, -0.15) is 0 Å². The Balaban J connectivity index is 1.78. The van der Waals surface area contributed by atoms with Crippen molar-refractivity contribution in [3.8, 4) is 5.75 Å². The van der Waals surface area contributed by atoms with Gasteiger partial charge in [0.1, 0.15) is 11.6 Å². The normalized spacial score (nSPS) is 13.9. The molecular weight excluding hydrogens is 295 g/mol. The van der Waals surface area contributed by atoms with Gasteiger partial charge < -0.3 is 15.4 Å². The molecule has 23 heavy (non-hydrogen) atoms. The predicted octanol–water partition coefficient (Wildman–Crippen LogP) is 3.29. The van der Waals surface area contributed by atoms with E-state index < -0.39 is 0 Å². The third-order valence-electron chi connectivity index (χ3n) is 4.08. The molecular formula is C18H19FN2O2. The van der Waals surface area contributed by atoms with Gasteiger partial charge in [-0.1, -0.05) is 0 Å². The topological polar surface area (TPSA) is 50.4 Å². The van der Waals surface area contributed by atoms with E-state index in [2.05, 4.69) is 10.6 Å². The summed E-state index contributed by atoms with van der Waals surface area (Å²) >= 11 is 0. The second-order valence-electron chi connectivity index (χ2n) is 5.63. The van der Waals surface area contributed by atoms with Crippen LogP contribution in [0.4, 0.5) is 10.1 Å². The maximum Gasteiger partial charge on any atom is 0.251 e. The molecule has 0 bridgehead atoms. The number of methoxy groups -OCH3 is 1. The summed E-state index contributed by atoms with van der Waals surface area (Å²) in [5.41, 5.74) is 3.45. The van der Waals surface area contributed by atoms with E-state index in [1.807, 2.05) is 19.1 Å². The first-order valence-corrected chi connectivity index (χ1v) is 7.59. The average Bonchev–Trinajstić information content (AvgIpc) is 3.02. The number of ether oxygens (including phenoxy) is 1. The molecule has 1 heterocycles. The minimum absolute atomic E-state index is 0.182. The highest BCUT2D eigenvalue weighted by atomic mass is 19.1. The van der Waals surface area contributed by atoms with Crippen molar-refractivity contribution in [3.05, 3.63) is 58.9 Å². The highest BCUT2D eigenvalue weighted by Crippen LogP contribution is 2.27. The minimum atomic E-state index is -0.362. The van der Waals surface area contributed by atoms with Crippen LogP contribution in [0.5, 0.6) is 5.75 Å². The van der Waals surface area contributed by atoms with E-state index in [1.54, 1.807) is 12.1 Å². The molecule has 5 heteroatoms. The van der Waals surface area contributed by atoms with Crippen molar-refractivity contribution in [1.29, 1.82) is 0 Å². The average molecular weight is 314 g/mol. The number of hydrogen-bond acceptors (Lipinski definition) is 3. The van der Waals surface area contributed by atoms with E-state index in [-0.39, 0.29) is 17.8 Å². The van der Waals surface area contributed by atoms with E-state index in [4.69, 9.17) is 4.74 Å². The second kappa shape index (κ2) is 6.28.